The molecule has 20 heavy (non-hydrogen) atoms. The van der Waals surface area contributed by atoms with Crippen LogP contribution in [0.1, 0.15) is 23.9 Å². The number of nitrogens with zero attached hydrogens (tertiary/aromatic N) is 3. The number of nitriles is 1. The second-order valence-electron chi connectivity index (χ2n) is 4.56. The van der Waals surface area contributed by atoms with E-state index < -0.39 is 0 Å². The summed E-state index contributed by atoms with van der Waals surface area (Å²) in [6.07, 6.45) is 1.65. The summed E-state index contributed by atoms with van der Waals surface area (Å²) in [7, 11) is 0. The first-order valence-electron chi connectivity index (χ1n) is 6.48. The number of aromatic nitrogens is 2. The van der Waals surface area contributed by atoms with Gasteiger partial charge in [-0.2, -0.15) is 5.26 Å². The molecule has 0 aliphatic carbocycles. The predicted octanol–water partition coefficient (Wildman–Crippen LogP) is 3.14. The lowest BCUT2D eigenvalue weighted by molar-refractivity contribution is 1.16. The zero-order valence-corrected chi connectivity index (χ0v) is 11.9. The number of anilines is 3. The van der Waals surface area contributed by atoms with Gasteiger partial charge in [0.1, 0.15) is 11.9 Å². The van der Waals surface area contributed by atoms with E-state index in [0.29, 0.717) is 11.4 Å². The van der Waals surface area contributed by atoms with Crippen molar-refractivity contribution in [2.24, 2.45) is 0 Å². The summed E-state index contributed by atoms with van der Waals surface area (Å²) in [4.78, 5) is 8.55. The molecular weight excluding hydrogens is 250 g/mol. The van der Waals surface area contributed by atoms with Crippen LogP contribution in [0.4, 0.5) is 17.2 Å². The first kappa shape index (κ1) is 13.8. The fourth-order valence-corrected chi connectivity index (χ4v) is 1.99. The summed E-state index contributed by atoms with van der Waals surface area (Å²) >= 11 is 0. The highest BCUT2D eigenvalue weighted by Crippen LogP contribution is 2.22. The van der Waals surface area contributed by atoms with E-state index >= 15 is 0 Å². The van der Waals surface area contributed by atoms with Crippen LogP contribution in [0.25, 0.3) is 0 Å². The zero-order chi connectivity index (χ0) is 14.5. The molecule has 0 amide bonds. The van der Waals surface area contributed by atoms with E-state index in [9.17, 15) is 0 Å². The van der Waals surface area contributed by atoms with E-state index in [1.54, 1.807) is 6.20 Å². The van der Waals surface area contributed by atoms with E-state index in [0.717, 1.165) is 29.3 Å². The van der Waals surface area contributed by atoms with Gasteiger partial charge in [-0.3, -0.25) is 0 Å². The molecule has 0 aromatic carbocycles. The molecule has 2 heterocycles. The first-order chi connectivity index (χ1) is 9.62. The Morgan fingerprint density at radius 2 is 2.05 bits per heavy atom. The molecule has 0 atom stereocenters. The average molecular weight is 267 g/mol. The number of rotatable bonds is 4. The van der Waals surface area contributed by atoms with Gasteiger partial charge in [-0.25, -0.2) is 9.97 Å². The monoisotopic (exact) mass is 267 g/mol. The van der Waals surface area contributed by atoms with Gasteiger partial charge >= 0.3 is 0 Å². The Kier molecular flexibility index (Phi) is 4.16. The van der Waals surface area contributed by atoms with Gasteiger partial charge in [0.2, 0.25) is 0 Å². The number of hydrogen-bond donors (Lipinski definition) is 2. The maximum Gasteiger partial charge on any atom is 0.164 e. The summed E-state index contributed by atoms with van der Waals surface area (Å²) in [6, 6.07) is 7.90. The molecule has 2 aromatic heterocycles. The number of nitrogens with one attached hydrogen (secondary N) is 2. The van der Waals surface area contributed by atoms with Crippen molar-refractivity contribution >= 4 is 17.2 Å². The standard InChI is InChI=1S/C15H17N5/c1-4-17-12-7-13(14(8-16)18-9-12)20-15-6-10(2)5-11(3)19-15/h5-7,9,17H,4H2,1-3H3,(H,19,20). The smallest absolute Gasteiger partial charge is 0.164 e. The lowest BCUT2D eigenvalue weighted by Gasteiger charge is -2.11. The molecule has 102 valence electrons. The Bertz CT molecular complexity index is 638. The maximum absolute atomic E-state index is 9.13. The van der Waals surface area contributed by atoms with Gasteiger partial charge in [0.25, 0.3) is 0 Å². The zero-order valence-electron chi connectivity index (χ0n) is 11.9. The van der Waals surface area contributed by atoms with Crippen LogP contribution in [0.15, 0.2) is 24.4 Å². The van der Waals surface area contributed by atoms with E-state index in [2.05, 4.69) is 26.7 Å². The second-order valence-corrected chi connectivity index (χ2v) is 4.56. The third kappa shape index (κ3) is 3.23. The van der Waals surface area contributed by atoms with Gasteiger partial charge in [0, 0.05) is 12.2 Å². The van der Waals surface area contributed by atoms with E-state index in [1.807, 2.05) is 39.0 Å². The van der Waals surface area contributed by atoms with E-state index in [4.69, 9.17) is 5.26 Å². The summed E-state index contributed by atoms with van der Waals surface area (Å²) < 4.78 is 0. The molecule has 0 saturated heterocycles. The molecule has 0 aliphatic rings. The largest absolute Gasteiger partial charge is 0.384 e. The third-order valence-electron chi connectivity index (χ3n) is 2.73. The Hall–Kier alpha value is -2.61. The van der Waals surface area contributed by atoms with Crippen LogP contribution in [-0.4, -0.2) is 16.5 Å². The summed E-state index contributed by atoms with van der Waals surface area (Å²) in [6.45, 7) is 6.76. The molecule has 5 heteroatoms. The minimum Gasteiger partial charge on any atom is -0.384 e. The highest BCUT2D eigenvalue weighted by atomic mass is 15.0. The minimum atomic E-state index is 0.354. The molecule has 0 bridgehead atoms. The Labute approximate surface area is 118 Å². The maximum atomic E-state index is 9.13. The van der Waals surface area contributed by atoms with Gasteiger partial charge < -0.3 is 10.6 Å². The molecule has 0 spiro atoms. The van der Waals surface area contributed by atoms with Crippen LogP contribution < -0.4 is 10.6 Å². The van der Waals surface area contributed by atoms with Gasteiger partial charge in [-0.15, -0.1) is 0 Å². The lowest BCUT2D eigenvalue weighted by Crippen LogP contribution is -2.02. The Morgan fingerprint density at radius 3 is 2.70 bits per heavy atom. The highest BCUT2D eigenvalue weighted by Gasteiger charge is 2.07. The molecule has 0 aliphatic heterocycles. The number of pyridine rings is 2. The van der Waals surface area contributed by atoms with E-state index in [-0.39, 0.29) is 0 Å². The van der Waals surface area contributed by atoms with Crippen molar-refractivity contribution in [1.82, 2.24) is 9.97 Å². The second kappa shape index (κ2) is 6.02. The number of hydrogen-bond acceptors (Lipinski definition) is 5. The topological polar surface area (TPSA) is 73.6 Å². The first-order valence-corrected chi connectivity index (χ1v) is 6.48. The molecule has 0 unspecified atom stereocenters. The Balaban J connectivity index is 2.36. The molecule has 2 aromatic rings. The molecule has 0 fully saturated rings. The Morgan fingerprint density at radius 1 is 1.25 bits per heavy atom. The third-order valence-corrected chi connectivity index (χ3v) is 2.73. The molecule has 0 saturated carbocycles. The van der Waals surface area contributed by atoms with Crippen molar-refractivity contribution in [3.8, 4) is 6.07 Å². The van der Waals surface area contributed by atoms with Gasteiger partial charge in [-0.05, 0) is 44.5 Å². The molecule has 0 radical (unpaired) electrons. The van der Waals surface area contributed by atoms with Gasteiger partial charge in [-0.1, -0.05) is 0 Å². The SMILES string of the molecule is CCNc1cnc(C#N)c(Nc2cc(C)cc(C)n2)c1. The summed E-state index contributed by atoms with van der Waals surface area (Å²) in [5.74, 6) is 0.717. The van der Waals surface area contributed by atoms with Crippen LogP contribution in [0.3, 0.4) is 0 Å². The average Bonchev–Trinajstić information content (AvgIpc) is 2.38. The molecule has 5 nitrogen and oxygen atoms in total. The molecule has 2 rings (SSSR count). The predicted molar refractivity (Wildman–Crippen MR) is 80.1 cm³/mol. The van der Waals surface area contributed by atoms with Crippen molar-refractivity contribution in [2.45, 2.75) is 20.8 Å². The van der Waals surface area contributed by atoms with Gasteiger partial charge in [0.05, 0.1) is 17.6 Å². The van der Waals surface area contributed by atoms with Crippen molar-refractivity contribution < 1.29 is 0 Å². The van der Waals surface area contributed by atoms with Crippen LogP contribution in [-0.2, 0) is 0 Å². The quantitative estimate of drug-likeness (QED) is 0.890. The molecular formula is C15H17N5. The normalized spacial score (nSPS) is 9.90. The van der Waals surface area contributed by atoms with Crippen LogP contribution >= 0.6 is 0 Å². The van der Waals surface area contributed by atoms with Crippen LogP contribution in [0.5, 0.6) is 0 Å². The van der Waals surface area contributed by atoms with Crippen molar-refractivity contribution in [3.05, 3.63) is 41.3 Å². The summed E-state index contributed by atoms with van der Waals surface area (Å²) in [5.41, 5.74) is 3.94. The number of aryl methyl sites for hydroxylation is 2. The fraction of sp³-hybridized carbons (Fsp3) is 0.267. The van der Waals surface area contributed by atoms with Gasteiger partial charge in [0.15, 0.2) is 5.69 Å². The van der Waals surface area contributed by atoms with E-state index in [1.165, 1.54) is 0 Å². The highest BCUT2D eigenvalue weighted by molar-refractivity contribution is 5.67. The fourth-order valence-electron chi connectivity index (χ4n) is 1.99. The van der Waals surface area contributed by atoms with Crippen LogP contribution in [0.2, 0.25) is 0 Å². The van der Waals surface area contributed by atoms with Crippen molar-refractivity contribution in [1.29, 1.82) is 5.26 Å². The minimum absolute atomic E-state index is 0.354. The van der Waals surface area contributed by atoms with Crippen LogP contribution in [0, 0.1) is 25.2 Å². The molecule has 2 N–H and O–H groups in total. The van der Waals surface area contributed by atoms with Crippen molar-refractivity contribution in [2.75, 3.05) is 17.2 Å². The summed E-state index contributed by atoms with van der Waals surface area (Å²) in [5, 5.41) is 15.5. The lowest BCUT2D eigenvalue weighted by atomic mass is 10.2. The van der Waals surface area contributed by atoms with Crippen molar-refractivity contribution in [3.63, 3.8) is 0 Å².